The first-order valence-electron chi connectivity index (χ1n) is 5.75. The van der Waals surface area contributed by atoms with Gasteiger partial charge >= 0.3 is 0 Å². The molecule has 2 aromatic rings. The quantitative estimate of drug-likeness (QED) is 0.855. The standard InChI is InChI=1S/C14H18N2O/c1-14(2,15)9-11-8-10-6-4-5-7-12(10)16(3)13(11)17/h4-8H,9,15H2,1-3H3. The monoisotopic (exact) mass is 230 g/mol. The molecule has 0 unspecified atom stereocenters. The van der Waals surface area contributed by atoms with Crippen LogP contribution in [0.2, 0.25) is 0 Å². The fourth-order valence-corrected chi connectivity index (χ4v) is 2.11. The number of pyridine rings is 1. The van der Waals surface area contributed by atoms with Crippen molar-refractivity contribution in [3.8, 4) is 0 Å². The third-order valence-corrected chi connectivity index (χ3v) is 2.85. The molecule has 2 N–H and O–H groups in total. The van der Waals surface area contributed by atoms with Crippen molar-refractivity contribution in [2.45, 2.75) is 25.8 Å². The van der Waals surface area contributed by atoms with Gasteiger partial charge in [0.05, 0.1) is 5.52 Å². The molecule has 0 saturated heterocycles. The van der Waals surface area contributed by atoms with Gasteiger partial charge in [-0.1, -0.05) is 18.2 Å². The zero-order chi connectivity index (χ0) is 12.6. The molecule has 17 heavy (non-hydrogen) atoms. The summed E-state index contributed by atoms with van der Waals surface area (Å²) in [7, 11) is 1.80. The predicted molar refractivity (Wildman–Crippen MR) is 71.2 cm³/mol. The third-order valence-electron chi connectivity index (χ3n) is 2.85. The lowest BCUT2D eigenvalue weighted by atomic mass is 9.96. The van der Waals surface area contributed by atoms with Crippen LogP contribution in [0.15, 0.2) is 35.1 Å². The molecule has 0 aliphatic rings. The highest BCUT2D eigenvalue weighted by Gasteiger charge is 2.15. The fourth-order valence-electron chi connectivity index (χ4n) is 2.11. The lowest BCUT2D eigenvalue weighted by molar-refractivity contribution is 0.513. The van der Waals surface area contributed by atoms with Crippen molar-refractivity contribution in [1.82, 2.24) is 4.57 Å². The average molecular weight is 230 g/mol. The molecular weight excluding hydrogens is 212 g/mol. The van der Waals surface area contributed by atoms with E-state index < -0.39 is 0 Å². The number of aromatic nitrogens is 1. The molecule has 3 nitrogen and oxygen atoms in total. The first kappa shape index (κ1) is 11.9. The molecular formula is C14H18N2O. The summed E-state index contributed by atoms with van der Waals surface area (Å²) >= 11 is 0. The van der Waals surface area contributed by atoms with Crippen LogP contribution in [0.5, 0.6) is 0 Å². The Balaban J connectivity index is 2.66. The molecule has 0 saturated carbocycles. The van der Waals surface area contributed by atoms with Crippen molar-refractivity contribution < 1.29 is 0 Å². The molecule has 1 aromatic carbocycles. The third kappa shape index (κ3) is 2.39. The van der Waals surface area contributed by atoms with E-state index in [2.05, 4.69) is 0 Å². The van der Waals surface area contributed by atoms with Gasteiger partial charge in [0.15, 0.2) is 0 Å². The van der Waals surface area contributed by atoms with Crippen molar-refractivity contribution in [2.24, 2.45) is 12.8 Å². The Morgan fingerprint density at radius 3 is 2.59 bits per heavy atom. The van der Waals surface area contributed by atoms with E-state index in [1.54, 1.807) is 11.6 Å². The van der Waals surface area contributed by atoms with Gasteiger partial charge in [-0.05, 0) is 37.8 Å². The van der Waals surface area contributed by atoms with E-state index in [1.807, 2.05) is 44.2 Å². The minimum Gasteiger partial charge on any atom is -0.325 e. The van der Waals surface area contributed by atoms with E-state index in [1.165, 1.54) is 0 Å². The first-order valence-corrected chi connectivity index (χ1v) is 5.75. The van der Waals surface area contributed by atoms with Gasteiger partial charge in [0.1, 0.15) is 0 Å². The Morgan fingerprint density at radius 1 is 1.29 bits per heavy atom. The Bertz CT molecular complexity index is 606. The highest BCUT2D eigenvalue weighted by molar-refractivity contribution is 5.79. The molecule has 90 valence electrons. The van der Waals surface area contributed by atoms with E-state index >= 15 is 0 Å². The number of fused-ring (bicyclic) bond motifs is 1. The number of aryl methyl sites for hydroxylation is 1. The summed E-state index contributed by atoms with van der Waals surface area (Å²) in [6.07, 6.45) is 0.588. The van der Waals surface area contributed by atoms with Gasteiger partial charge in [0.25, 0.3) is 5.56 Å². The average Bonchev–Trinajstić information content (AvgIpc) is 2.24. The predicted octanol–water partition coefficient (Wildman–Crippen LogP) is 1.82. The summed E-state index contributed by atoms with van der Waals surface area (Å²) in [5, 5.41) is 1.08. The van der Waals surface area contributed by atoms with Crippen LogP contribution in [0.1, 0.15) is 19.4 Å². The van der Waals surface area contributed by atoms with Crippen LogP contribution in [0.25, 0.3) is 10.9 Å². The largest absolute Gasteiger partial charge is 0.325 e. The zero-order valence-electron chi connectivity index (χ0n) is 10.5. The molecule has 0 atom stereocenters. The van der Waals surface area contributed by atoms with Crippen molar-refractivity contribution >= 4 is 10.9 Å². The minimum absolute atomic E-state index is 0.0437. The summed E-state index contributed by atoms with van der Waals surface area (Å²) in [6, 6.07) is 9.83. The van der Waals surface area contributed by atoms with Gasteiger partial charge < -0.3 is 10.3 Å². The molecule has 1 heterocycles. The highest BCUT2D eigenvalue weighted by atomic mass is 16.1. The normalized spacial score (nSPS) is 12.0. The van der Waals surface area contributed by atoms with E-state index in [0.29, 0.717) is 6.42 Å². The zero-order valence-corrected chi connectivity index (χ0v) is 10.5. The van der Waals surface area contributed by atoms with Crippen LogP contribution >= 0.6 is 0 Å². The maximum absolute atomic E-state index is 12.2. The van der Waals surface area contributed by atoms with Crippen molar-refractivity contribution in [2.75, 3.05) is 0 Å². The molecule has 0 amide bonds. The SMILES string of the molecule is Cn1c(=O)c(CC(C)(C)N)cc2ccccc21. The summed E-state index contributed by atoms with van der Waals surface area (Å²) in [5.41, 5.74) is 7.39. The Hall–Kier alpha value is -1.61. The van der Waals surface area contributed by atoms with Crippen LogP contribution < -0.4 is 11.3 Å². The smallest absolute Gasteiger partial charge is 0.254 e. The number of nitrogens with two attached hydrogens (primary N) is 1. The van der Waals surface area contributed by atoms with Gasteiger partial charge in [-0.3, -0.25) is 4.79 Å². The minimum atomic E-state index is -0.366. The van der Waals surface area contributed by atoms with Crippen LogP contribution in [0.4, 0.5) is 0 Å². The Labute approximate surface area is 101 Å². The number of hydrogen-bond donors (Lipinski definition) is 1. The number of hydrogen-bond acceptors (Lipinski definition) is 2. The van der Waals surface area contributed by atoms with E-state index in [0.717, 1.165) is 16.5 Å². The van der Waals surface area contributed by atoms with Crippen molar-refractivity contribution in [1.29, 1.82) is 0 Å². The second kappa shape index (κ2) is 4.00. The first-order chi connectivity index (χ1) is 7.88. The molecule has 0 aliphatic carbocycles. The van der Waals surface area contributed by atoms with Gasteiger partial charge in [-0.2, -0.15) is 0 Å². The summed E-state index contributed by atoms with van der Waals surface area (Å²) in [6.45, 7) is 3.86. The summed E-state index contributed by atoms with van der Waals surface area (Å²) in [4.78, 5) is 12.2. The van der Waals surface area contributed by atoms with Crippen LogP contribution in [-0.2, 0) is 13.5 Å². The summed E-state index contributed by atoms with van der Waals surface area (Å²) in [5.74, 6) is 0. The Kier molecular flexibility index (Phi) is 2.79. The maximum Gasteiger partial charge on any atom is 0.254 e. The molecule has 0 spiro atoms. The van der Waals surface area contributed by atoms with E-state index in [-0.39, 0.29) is 11.1 Å². The topological polar surface area (TPSA) is 48.0 Å². The lowest BCUT2D eigenvalue weighted by Gasteiger charge is -2.18. The fraction of sp³-hybridized carbons (Fsp3) is 0.357. The van der Waals surface area contributed by atoms with Crippen molar-refractivity contribution in [3.05, 3.63) is 46.2 Å². The maximum atomic E-state index is 12.2. The number of para-hydroxylation sites is 1. The molecule has 1 aromatic heterocycles. The second-order valence-electron chi connectivity index (χ2n) is 5.26. The Morgan fingerprint density at radius 2 is 1.94 bits per heavy atom. The van der Waals surface area contributed by atoms with Gasteiger partial charge in [0.2, 0.25) is 0 Å². The number of nitrogens with zero attached hydrogens (tertiary/aromatic N) is 1. The molecule has 0 radical (unpaired) electrons. The van der Waals surface area contributed by atoms with E-state index in [4.69, 9.17) is 5.73 Å². The highest BCUT2D eigenvalue weighted by Crippen LogP contribution is 2.14. The van der Waals surface area contributed by atoms with Gasteiger partial charge in [-0.15, -0.1) is 0 Å². The summed E-state index contributed by atoms with van der Waals surface area (Å²) < 4.78 is 1.69. The molecule has 2 rings (SSSR count). The number of rotatable bonds is 2. The molecule has 0 bridgehead atoms. The lowest BCUT2D eigenvalue weighted by Crippen LogP contribution is -2.37. The van der Waals surface area contributed by atoms with Crippen molar-refractivity contribution in [3.63, 3.8) is 0 Å². The van der Waals surface area contributed by atoms with Crippen LogP contribution in [0, 0.1) is 0 Å². The molecule has 3 heteroatoms. The second-order valence-corrected chi connectivity index (χ2v) is 5.26. The van der Waals surface area contributed by atoms with Gasteiger partial charge in [-0.25, -0.2) is 0 Å². The number of benzene rings is 1. The molecule has 0 fully saturated rings. The van der Waals surface area contributed by atoms with Crippen LogP contribution in [-0.4, -0.2) is 10.1 Å². The van der Waals surface area contributed by atoms with E-state index in [9.17, 15) is 4.79 Å². The van der Waals surface area contributed by atoms with Gasteiger partial charge in [0, 0.05) is 18.2 Å². The molecule has 0 aliphatic heterocycles. The van der Waals surface area contributed by atoms with Crippen LogP contribution in [0.3, 0.4) is 0 Å².